The molecule has 0 radical (unpaired) electrons. The lowest BCUT2D eigenvalue weighted by Gasteiger charge is -2.27. The lowest BCUT2D eigenvalue weighted by atomic mass is 10.1. The van der Waals surface area contributed by atoms with Crippen LogP contribution in [0.4, 0.5) is 5.69 Å². The number of halogens is 1. The fourth-order valence-electron chi connectivity index (χ4n) is 2.73. The average Bonchev–Trinajstić information content (AvgIpc) is 2.66. The zero-order chi connectivity index (χ0) is 14.8. The highest BCUT2D eigenvalue weighted by Gasteiger charge is 2.29. The van der Waals surface area contributed by atoms with Crippen LogP contribution in [0.1, 0.15) is 38.5 Å². The number of hydrogen-bond acceptors (Lipinski definition) is 3. The van der Waals surface area contributed by atoms with E-state index < -0.39 is 10.0 Å². The van der Waals surface area contributed by atoms with Crippen LogP contribution < -0.4 is 5.73 Å². The lowest BCUT2D eigenvalue weighted by Crippen LogP contribution is -2.37. The van der Waals surface area contributed by atoms with Crippen LogP contribution >= 0.6 is 15.9 Å². The van der Waals surface area contributed by atoms with Gasteiger partial charge in [-0.15, -0.1) is 0 Å². The van der Waals surface area contributed by atoms with Crippen LogP contribution in [0.2, 0.25) is 0 Å². The number of benzene rings is 1. The van der Waals surface area contributed by atoms with Crippen molar-refractivity contribution in [1.29, 1.82) is 0 Å². The summed E-state index contributed by atoms with van der Waals surface area (Å²) in [5.41, 5.74) is 6.16. The van der Waals surface area contributed by atoms with Gasteiger partial charge in [-0.05, 0) is 31.0 Å². The molecule has 0 heterocycles. The van der Waals surface area contributed by atoms with Gasteiger partial charge in [0.2, 0.25) is 10.0 Å². The topological polar surface area (TPSA) is 63.4 Å². The van der Waals surface area contributed by atoms with Gasteiger partial charge in [0.1, 0.15) is 4.90 Å². The van der Waals surface area contributed by atoms with Crippen molar-refractivity contribution in [3.05, 3.63) is 22.7 Å². The third-order valence-electron chi connectivity index (χ3n) is 3.97. The van der Waals surface area contributed by atoms with Crippen molar-refractivity contribution in [2.24, 2.45) is 0 Å². The highest BCUT2D eigenvalue weighted by molar-refractivity contribution is 9.10. The summed E-state index contributed by atoms with van der Waals surface area (Å²) in [5, 5.41) is 0. The predicted octanol–water partition coefficient (Wildman–Crippen LogP) is 3.37. The molecule has 1 fully saturated rings. The SMILES string of the molecule is CN(C1CCCCCC1)S(=O)(=O)c1ccc(Br)cc1N. The highest BCUT2D eigenvalue weighted by atomic mass is 79.9. The van der Waals surface area contributed by atoms with Crippen LogP contribution in [0, 0.1) is 0 Å². The van der Waals surface area contributed by atoms with Crippen LogP contribution in [0.3, 0.4) is 0 Å². The Kier molecular flexibility index (Phi) is 5.09. The Hall–Kier alpha value is -0.590. The van der Waals surface area contributed by atoms with Crippen LogP contribution in [0.25, 0.3) is 0 Å². The molecule has 1 aromatic rings. The van der Waals surface area contributed by atoms with Crippen LogP contribution in [0.15, 0.2) is 27.6 Å². The van der Waals surface area contributed by atoms with Crippen molar-refractivity contribution < 1.29 is 8.42 Å². The fraction of sp³-hybridized carbons (Fsp3) is 0.571. The molecule has 112 valence electrons. The van der Waals surface area contributed by atoms with Gasteiger partial charge >= 0.3 is 0 Å². The van der Waals surface area contributed by atoms with E-state index >= 15 is 0 Å². The zero-order valence-electron chi connectivity index (χ0n) is 11.7. The van der Waals surface area contributed by atoms with E-state index in [0.29, 0.717) is 5.69 Å². The maximum atomic E-state index is 12.7. The Balaban J connectivity index is 2.28. The summed E-state index contributed by atoms with van der Waals surface area (Å²) in [4.78, 5) is 0.201. The van der Waals surface area contributed by atoms with Crippen molar-refractivity contribution >= 4 is 31.6 Å². The number of nitrogens with zero attached hydrogens (tertiary/aromatic N) is 1. The second-order valence-corrected chi connectivity index (χ2v) is 8.23. The van der Waals surface area contributed by atoms with Gasteiger partial charge in [0.05, 0.1) is 5.69 Å². The summed E-state index contributed by atoms with van der Waals surface area (Å²) < 4.78 is 27.7. The van der Waals surface area contributed by atoms with E-state index in [9.17, 15) is 8.42 Å². The van der Waals surface area contributed by atoms with Gasteiger partial charge in [-0.25, -0.2) is 8.42 Å². The first-order valence-electron chi connectivity index (χ1n) is 6.96. The van der Waals surface area contributed by atoms with Crippen LogP contribution in [0.5, 0.6) is 0 Å². The summed E-state index contributed by atoms with van der Waals surface area (Å²) in [6.07, 6.45) is 6.47. The Morgan fingerprint density at radius 3 is 2.35 bits per heavy atom. The van der Waals surface area contributed by atoms with E-state index in [4.69, 9.17) is 5.73 Å². The molecule has 0 amide bonds. The lowest BCUT2D eigenvalue weighted by molar-refractivity contribution is 0.336. The highest BCUT2D eigenvalue weighted by Crippen LogP contribution is 2.29. The molecule has 4 nitrogen and oxygen atoms in total. The van der Waals surface area contributed by atoms with Gasteiger partial charge in [0.15, 0.2) is 0 Å². The molecule has 0 aromatic heterocycles. The van der Waals surface area contributed by atoms with Gasteiger partial charge in [0, 0.05) is 17.6 Å². The fourth-order valence-corrected chi connectivity index (χ4v) is 4.62. The first kappa shape index (κ1) is 15.8. The van der Waals surface area contributed by atoms with Crippen molar-refractivity contribution in [3.63, 3.8) is 0 Å². The minimum atomic E-state index is -3.51. The minimum Gasteiger partial charge on any atom is -0.398 e. The first-order valence-corrected chi connectivity index (χ1v) is 9.19. The van der Waals surface area contributed by atoms with Gasteiger partial charge < -0.3 is 5.73 Å². The normalized spacial score (nSPS) is 18.1. The summed E-state index contributed by atoms with van der Waals surface area (Å²) in [5.74, 6) is 0. The summed E-state index contributed by atoms with van der Waals surface area (Å²) in [6.45, 7) is 0. The molecule has 1 aliphatic carbocycles. The molecule has 0 bridgehead atoms. The van der Waals surface area contributed by atoms with Gasteiger partial charge in [-0.1, -0.05) is 41.6 Å². The van der Waals surface area contributed by atoms with Gasteiger partial charge in [-0.3, -0.25) is 0 Å². The quantitative estimate of drug-likeness (QED) is 0.663. The molecule has 0 atom stereocenters. The largest absolute Gasteiger partial charge is 0.398 e. The summed E-state index contributed by atoms with van der Waals surface area (Å²) in [7, 11) is -1.84. The maximum absolute atomic E-state index is 12.7. The maximum Gasteiger partial charge on any atom is 0.245 e. The second kappa shape index (κ2) is 6.45. The standard InChI is InChI=1S/C14H21BrN2O2S/c1-17(12-6-4-2-3-5-7-12)20(18,19)14-9-8-11(15)10-13(14)16/h8-10,12H,2-7,16H2,1H3. The van der Waals surface area contributed by atoms with E-state index in [-0.39, 0.29) is 10.9 Å². The Morgan fingerprint density at radius 1 is 1.20 bits per heavy atom. The molecule has 0 spiro atoms. The van der Waals surface area contributed by atoms with Crippen molar-refractivity contribution in [3.8, 4) is 0 Å². The van der Waals surface area contributed by atoms with E-state index in [0.717, 1.165) is 30.2 Å². The monoisotopic (exact) mass is 360 g/mol. The van der Waals surface area contributed by atoms with Crippen molar-refractivity contribution in [2.45, 2.75) is 49.5 Å². The molecule has 1 aromatic carbocycles. The number of nitrogen functional groups attached to an aromatic ring is 1. The molecular formula is C14H21BrN2O2S. The number of nitrogens with two attached hydrogens (primary N) is 1. The number of sulfonamides is 1. The number of rotatable bonds is 3. The minimum absolute atomic E-state index is 0.0885. The molecule has 2 N–H and O–H groups in total. The van der Waals surface area contributed by atoms with E-state index in [1.807, 2.05) is 0 Å². The van der Waals surface area contributed by atoms with Gasteiger partial charge in [-0.2, -0.15) is 4.31 Å². The Labute approximate surface area is 129 Å². The molecule has 6 heteroatoms. The smallest absolute Gasteiger partial charge is 0.245 e. The predicted molar refractivity (Wildman–Crippen MR) is 85.0 cm³/mol. The first-order chi connectivity index (χ1) is 9.43. The zero-order valence-corrected chi connectivity index (χ0v) is 14.1. The molecule has 0 unspecified atom stereocenters. The molecule has 1 saturated carbocycles. The summed E-state index contributed by atoms with van der Waals surface area (Å²) >= 11 is 3.30. The van der Waals surface area contributed by atoms with Gasteiger partial charge in [0.25, 0.3) is 0 Å². The summed E-state index contributed by atoms with van der Waals surface area (Å²) in [6, 6.07) is 5.01. The molecular weight excluding hydrogens is 340 g/mol. The average molecular weight is 361 g/mol. The van der Waals surface area contributed by atoms with Crippen LogP contribution in [-0.2, 0) is 10.0 Å². The molecule has 1 aliphatic rings. The van der Waals surface area contributed by atoms with E-state index in [1.165, 1.54) is 17.1 Å². The number of anilines is 1. The van der Waals surface area contributed by atoms with Crippen molar-refractivity contribution in [1.82, 2.24) is 4.31 Å². The van der Waals surface area contributed by atoms with E-state index in [2.05, 4.69) is 15.9 Å². The van der Waals surface area contributed by atoms with Crippen LogP contribution in [-0.4, -0.2) is 25.8 Å². The van der Waals surface area contributed by atoms with Crippen molar-refractivity contribution in [2.75, 3.05) is 12.8 Å². The van der Waals surface area contributed by atoms with E-state index in [1.54, 1.807) is 25.2 Å². The third kappa shape index (κ3) is 3.35. The molecule has 2 rings (SSSR count). The molecule has 20 heavy (non-hydrogen) atoms. The Morgan fingerprint density at radius 2 is 1.80 bits per heavy atom. The second-order valence-electron chi connectivity index (χ2n) is 5.35. The number of hydrogen-bond donors (Lipinski definition) is 1. The Bertz CT molecular complexity index is 567. The third-order valence-corrected chi connectivity index (χ3v) is 6.45. The molecule has 0 saturated heterocycles. The molecule has 0 aliphatic heterocycles.